The number of halogens is 1. The number of ether oxygens (including phenoxy) is 1. The van der Waals surface area contributed by atoms with E-state index >= 15 is 0 Å². The predicted octanol–water partition coefficient (Wildman–Crippen LogP) is 2.55. The molecule has 0 radical (unpaired) electrons. The van der Waals surface area contributed by atoms with Crippen molar-refractivity contribution in [2.75, 3.05) is 0 Å². The first kappa shape index (κ1) is 12.6. The highest BCUT2D eigenvalue weighted by molar-refractivity contribution is 9.10. The molecule has 0 amide bonds. The van der Waals surface area contributed by atoms with Crippen LogP contribution in [0.5, 0.6) is 11.6 Å². The van der Waals surface area contributed by atoms with Gasteiger partial charge in [-0.15, -0.1) is 0 Å². The highest BCUT2D eigenvalue weighted by atomic mass is 79.9. The molecule has 1 N–H and O–H groups in total. The smallest absolute Gasteiger partial charge is 0.341 e. The zero-order chi connectivity index (χ0) is 13.1. The molecular formula is C11H10BrN3O3. The molecule has 6 nitrogen and oxygen atoms in total. The first-order valence-electron chi connectivity index (χ1n) is 5.19. The van der Waals surface area contributed by atoms with Crippen molar-refractivity contribution in [1.29, 1.82) is 0 Å². The van der Waals surface area contributed by atoms with Gasteiger partial charge in [-0.2, -0.15) is 5.10 Å². The van der Waals surface area contributed by atoms with Crippen molar-refractivity contribution in [2.45, 2.75) is 13.5 Å². The SMILES string of the molecule is CCn1cc(Oc2ncc(Br)cc2C(=O)O)cn1. The molecule has 0 aromatic carbocycles. The molecule has 0 bridgehead atoms. The lowest BCUT2D eigenvalue weighted by atomic mass is 10.3. The average Bonchev–Trinajstić information content (AvgIpc) is 2.79. The third-order valence-electron chi connectivity index (χ3n) is 2.20. The van der Waals surface area contributed by atoms with Crippen molar-refractivity contribution in [2.24, 2.45) is 0 Å². The Labute approximate surface area is 111 Å². The molecule has 2 rings (SSSR count). The number of carboxylic acid groups (broad SMARTS) is 1. The highest BCUT2D eigenvalue weighted by Crippen LogP contribution is 2.25. The third kappa shape index (κ3) is 2.67. The molecule has 94 valence electrons. The molecule has 0 aliphatic rings. The van der Waals surface area contributed by atoms with E-state index in [9.17, 15) is 4.79 Å². The number of aromatic nitrogens is 3. The van der Waals surface area contributed by atoms with Crippen molar-refractivity contribution in [3.05, 3.63) is 34.7 Å². The third-order valence-corrected chi connectivity index (χ3v) is 2.63. The van der Waals surface area contributed by atoms with Gasteiger partial charge in [0.2, 0.25) is 5.88 Å². The van der Waals surface area contributed by atoms with Gasteiger partial charge in [-0.05, 0) is 28.9 Å². The lowest BCUT2D eigenvalue weighted by Crippen LogP contribution is -2.01. The Hall–Kier alpha value is -1.89. The summed E-state index contributed by atoms with van der Waals surface area (Å²) in [7, 11) is 0. The second-order valence-electron chi connectivity index (χ2n) is 3.45. The topological polar surface area (TPSA) is 77.2 Å². The van der Waals surface area contributed by atoms with Gasteiger partial charge in [-0.3, -0.25) is 4.68 Å². The largest absolute Gasteiger partial charge is 0.477 e. The zero-order valence-electron chi connectivity index (χ0n) is 9.50. The van der Waals surface area contributed by atoms with Gasteiger partial charge in [0.25, 0.3) is 0 Å². The van der Waals surface area contributed by atoms with Crippen LogP contribution < -0.4 is 4.74 Å². The number of rotatable bonds is 4. The second kappa shape index (κ2) is 5.18. The molecule has 18 heavy (non-hydrogen) atoms. The van der Waals surface area contributed by atoms with E-state index in [0.29, 0.717) is 16.8 Å². The Bertz CT molecular complexity index is 583. The fraction of sp³-hybridized carbons (Fsp3) is 0.182. The van der Waals surface area contributed by atoms with E-state index in [1.54, 1.807) is 10.9 Å². The van der Waals surface area contributed by atoms with Gasteiger partial charge in [0.1, 0.15) is 5.56 Å². The molecule has 0 saturated carbocycles. The van der Waals surface area contributed by atoms with Crippen LogP contribution in [0.4, 0.5) is 0 Å². The van der Waals surface area contributed by atoms with Gasteiger partial charge in [0.05, 0.1) is 12.4 Å². The van der Waals surface area contributed by atoms with E-state index in [4.69, 9.17) is 9.84 Å². The lowest BCUT2D eigenvalue weighted by Gasteiger charge is -2.05. The van der Waals surface area contributed by atoms with E-state index in [1.165, 1.54) is 18.5 Å². The molecule has 0 aliphatic heterocycles. The molecule has 2 aromatic heterocycles. The summed E-state index contributed by atoms with van der Waals surface area (Å²) in [5, 5.41) is 13.1. The van der Waals surface area contributed by atoms with Gasteiger partial charge < -0.3 is 9.84 Å². The van der Waals surface area contributed by atoms with E-state index < -0.39 is 5.97 Å². The Morgan fingerprint density at radius 3 is 2.94 bits per heavy atom. The summed E-state index contributed by atoms with van der Waals surface area (Å²) in [5.74, 6) is -0.600. The molecule has 2 aromatic rings. The van der Waals surface area contributed by atoms with Gasteiger partial charge in [0.15, 0.2) is 5.75 Å². The minimum Gasteiger partial charge on any atom is -0.477 e. The molecule has 0 fully saturated rings. The zero-order valence-corrected chi connectivity index (χ0v) is 11.1. The number of hydrogen-bond donors (Lipinski definition) is 1. The molecule has 0 atom stereocenters. The maximum absolute atomic E-state index is 11.1. The van der Waals surface area contributed by atoms with Crippen LogP contribution in [0.15, 0.2) is 29.1 Å². The van der Waals surface area contributed by atoms with Crippen LogP contribution >= 0.6 is 15.9 Å². The summed E-state index contributed by atoms with van der Waals surface area (Å²) in [6.07, 6.45) is 4.67. The van der Waals surface area contributed by atoms with Gasteiger partial charge in [0, 0.05) is 17.2 Å². The number of hydrogen-bond acceptors (Lipinski definition) is 4. The lowest BCUT2D eigenvalue weighted by molar-refractivity contribution is 0.0693. The van der Waals surface area contributed by atoms with Crippen LogP contribution in [-0.4, -0.2) is 25.8 Å². The first-order chi connectivity index (χ1) is 8.60. The Morgan fingerprint density at radius 1 is 1.56 bits per heavy atom. The fourth-order valence-corrected chi connectivity index (χ4v) is 1.67. The van der Waals surface area contributed by atoms with Crippen molar-refractivity contribution in [3.8, 4) is 11.6 Å². The van der Waals surface area contributed by atoms with Crippen molar-refractivity contribution < 1.29 is 14.6 Å². The Kier molecular flexibility index (Phi) is 3.61. The van der Waals surface area contributed by atoms with Crippen LogP contribution in [0.25, 0.3) is 0 Å². The quantitative estimate of drug-likeness (QED) is 0.939. The van der Waals surface area contributed by atoms with Gasteiger partial charge in [-0.25, -0.2) is 9.78 Å². The van der Waals surface area contributed by atoms with E-state index in [1.807, 2.05) is 6.92 Å². The summed E-state index contributed by atoms with van der Waals surface area (Å²) in [6, 6.07) is 1.44. The van der Waals surface area contributed by atoms with E-state index in [0.717, 1.165) is 0 Å². The van der Waals surface area contributed by atoms with Gasteiger partial charge in [-0.1, -0.05) is 0 Å². The van der Waals surface area contributed by atoms with Crippen LogP contribution in [0.2, 0.25) is 0 Å². The summed E-state index contributed by atoms with van der Waals surface area (Å²) < 4.78 is 7.67. The van der Waals surface area contributed by atoms with Crippen LogP contribution in [0.3, 0.4) is 0 Å². The molecule has 7 heteroatoms. The number of carbonyl (C=O) groups is 1. The van der Waals surface area contributed by atoms with E-state index in [-0.39, 0.29) is 11.4 Å². The predicted molar refractivity (Wildman–Crippen MR) is 66.9 cm³/mol. The van der Waals surface area contributed by atoms with Crippen molar-refractivity contribution >= 4 is 21.9 Å². The standard InChI is InChI=1S/C11H10BrN3O3/c1-2-15-6-8(5-14-15)18-10-9(11(16)17)3-7(12)4-13-10/h3-6H,2H2,1H3,(H,16,17). The Morgan fingerprint density at radius 2 is 2.33 bits per heavy atom. The molecule has 2 heterocycles. The van der Waals surface area contributed by atoms with Crippen LogP contribution in [0, 0.1) is 0 Å². The van der Waals surface area contributed by atoms with Crippen molar-refractivity contribution in [3.63, 3.8) is 0 Å². The summed E-state index contributed by atoms with van der Waals surface area (Å²) in [6.45, 7) is 2.65. The maximum atomic E-state index is 11.1. The first-order valence-corrected chi connectivity index (χ1v) is 5.98. The van der Waals surface area contributed by atoms with Crippen molar-refractivity contribution in [1.82, 2.24) is 14.8 Å². The summed E-state index contributed by atoms with van der Waals surface area (Å²) in [4.78, 5) is 15.0. The molecule has 0 aliphatic carbocycles. The summed E-state index contributed by atoms with van der Waals surface area (Å²) >= 11 is 3.17. The number of aromatic carboxylic acids is 1. The summed E-state index contributed by atoms with van der Waals surface area (Å²) in [5.41, 5.74) is -0.00590. The monoisotopic (exact) mass is 311 g/mol. The minimum atomic E-state index is -1.10. The second-order valence-corrected chi connectivity index (χ2v) is 4.36. The molecule has 0 saturated heterocycles. The number of pyridine rings is 1. The normalized spacial score (nSPS) is 10.3. The number of nitrogens with zero attached hydrogens (tertiary/aromatic N) is 3. The number of aryl methyl sites for hydroxylation is 1. The minimum absolute atomic E-state index is 0.00590. The average molecular weight is 312 g/mol. The fourth-order valence-electron chi connectivity index (χ4n) is 1.34. The Balaban J connectivity index is 2.30. The molecule has 0 unspecified atom stereocenters. The van der Waals surface area contributed by atoms with Crippen LogP contribution in [-0.2, 0) is 6.54 Å². The molecule has 0 spiro atoms. The van der Waals surface area contributed by atoms with E-state index in [2.05, 4.69) is 26.0 Å². The number of carboxylic acids is 1. The molecular weight excluding hydrogens is 302 g/mol. The maximum Gasteiger partial charge on any atom is 0.341 e. The van der Waals surface area contributed by atoms with Crippen LogP contribution in [0.1, 0.15) is 17.3 Å². The van der Waals surface area contributed by atoms with Gasteiger partial charge >= 0.3 is 5.97 Å². The highest BCUT2D eigenvalue weighted by Gasteiger charge is 2.15.